The molecule has 19 heavy (non-hydrogen) atoms. The highest BCUT2D eigenvalue weighted by Crippen LogP contribution is 2.21. The van der Waals surface area contributed by atoms with Gasteiger partial charge in [0.25, 0.3) is 0 Å². The fraction of sp³-hybridized carbons (Fsp3) is 0.333. The van der Waals surface area contributed by atoms with Gasteiger partial charge in [-0.25, -0.2) is 0 Å². The molecule has 2 rings (SSSR count). The van der Waals surface area contributed by atoms with Crippen LogP contribution in [0.3, 0.4) is 0 Å². The summed E-state index contributed by atoms with van der Waals surface area (Å²) in [7, 11) is 0. The largest absolute Gasteiger partial charge is 0.361 e. The monoisotopic (exact) mass is 253 g/mol. The van der Waals surface area contributed by atoms with E-state index in [2.05, 4.69) is 69.2 Å². The van der Waals surface area contributed by atoms with Crippen LogP contribution in [0.2, 0.25) is 0 Å². The number of rotatable bonds is 4. The second-order valence-electron chi connectivity index (χ2n) is 5.67. The predicted molar refractivity (Wildman–Crippen MR) is 84.6 cm³/mol. The van der Waals surface area contributed by atoms with Gasteiger partial charge in [0, 0.05) is 17.1 Å². The van der Waals surface area contributed by atoms with Crippen molar-refractivity contribution in [2.75, 3.05) is 0 Å². The molecule has 0 bridgehead atoms. The number of aromatic amines is 1. The smallest absolute Gasteiger partial charge is 0.0457 e. The highest BCUT2D eigenvalue weighted by atomic mass is 14.7. The average molecular weight is 253 g/mol. The third-order valence-electron chi connectivity index (χ3n) is 3.31. The van der Waals surface area contributed by atoms with Crippen molar-refractivity contribution in [3.8, 4) is 0 Å². The van der Waals surface area contributed by atoms with E-state index in [0.29, 0.717) is 0 Å². The minimum atomic E-state index is 1.01. The highest BCUT2D eigenvalue weighted by Gasteiger charge is 2.03. The molecule has 1 nitrogen and oxygen atoms in total. The molecule has 1 heterocycles. The minimum absolute atomic E-state index is 1.01. The Morgan fingerprint density at radius 3 is 2.37 bits per heavy atom. The Kier molecular flexibility index (Phi) is 4.26. The van der Waals surface area contributed by atoms with Crippen LogP contribution < -0.4 is 0 Å². The van der Waals surface area contributed by atoms with E-state index < -0.39 is 0 Å². The van der Waals surface area contributed by atoms with Crippen LogP contribution in [0.15, 0.2) is 47.7 Å². The SMILES string of the molecule is CC(C)=CCc1ccc2[nH]cc(CC=C(C)C)c2c1. The van der Waals surface area contributed by atoms with Gasteiger partial charge in [0.2, 0.25) is 0 Å². The zero-order valence-corrected chi connectivity index (χ0v) is 12.4. The molecular weight excluding hydrogens is 230 g/mol. The Morgan fingerprint density at radius 1 is 1.00 bits per heavy atom. The molecule has 0 unspecified atom stereocenters. The van der Waals surface area contributed by atoms with Gasteiger partial charge < -0.3 is 4.98 Å². The molecule has 0 saturated heterocycles. The predicted octanol–water partition coefficient (Wildman–Crippen LogP) is 5.19. The number of hydrogen-bond acceptors (Lipinski definition) is 0. The van der Waals surface area contributed by atoms with Gasteiger partial charge in [-0.05, 0) is 63.8 Å². The standard InChI is InChI=1S/C18H23N/c1-13(2)5-7-15-8-10-18-17(11-15)16(12-19-18)9-6-14(3)4/h5-6,8,10-12,19H,7,9H2,1-4H3. The van der Waals surface area contributed by atoms with Crippen LogP contribution in [0.1, 0.15) is 38.8 Å². The molecule has 1 aromatic carbocycles. The summed E-state index contributed by atoms with van der Waals surface area (Å²) in [5, 5.41) is 1.36. The highest BCUT2D eigenvalue weighted by molar-refractivity contribution is 5.84. The van der Waals surface area contributed by atoms with E-state index in [1.807, 2.05) is 0 Å². The van der Waals surface area contributed by atoms with Crippen molar-refractivity contribution in [3.05, 3.63) is 58.8 Å². The molecule has 1 aromatic heterocycles. The lowest BCUT2D eigenvalue weighted by atomic mass is 10.0. The number of H-pyrrole nitrogens is 1. The van der Waals surface area contributed by atoms with Crippen LogP contribution >= 0.6 is 0 Å². The topological polar surface area (TPSA) is 15.8 Å². The van der Waals surface area contributed by atoms with E-state index in [9.17, 15) is 0 Å². The third kappa shape index (κ3) is 3.60. The maximum Gasteiger partial charge on any atom is 0.0457 e. The number of fused-ring (bicyclic) bond motifs is 1. The van der Waals surface area contributed by atoms with Crippen molar-refractivity contribution in [3.63, 3.8) is 0 Å². The molecule has 1 N–H and O–H groups in total. The summed E-state index contributed by atoms with van der Waals surface area (Å²) >= 11 is 0. The molecule has 0 aliphatic rings. The van der Waals surface area contributed by atoms with Gasteiger partial charge in [-0.2, -0.15) is 0 Å². The van der Waals surface area contributed by atoms with E-state index >= 15 is 0 Å². The maximum absolute atomic E-state index is 3.36. The van der Waals surface area contributed by atoms with Crippen LogP contribution in [0.25, 0.3) is 10.9 Å². The number of nitrogens with one attached hydrogen (secondary N) is 1. The average Bonchev–Trinajstić information content (AvgIpc) is 2.76. The lowest BCUT2D eigenvalue weighted by molar-refractivity contribution is 1.21. The number of aromatic nitrogens is 1. The first-order chi connectivity index (χ1) is 9.06. The first-order valence-electron chi connectivity index (χ1n) is 6.92. The molecule has 0 saturated carbocycles. The van der Waals surface area contributed by atoms with Crippen LogP contribution in [0.5, 0.6) is 0 Å². The quantitative estimate of drug-likeness (QED) is 0.722. The van der Waals surface area contributed by atoms with Crippen molar-refractivity contribution in [2.45, 2.75) is 40.5 Å². The Bertz CT molecular complexity index is 618. The summed E-state index contributed by atoms with van der Waals surface area (Å²) in [4.78, 5) is 3.36. The summed E-state index contributed by atoms with van der Waals surface area (Å²) in [5.41, 5.74) is 6.74. The first-order valence-corrected chi connectivity index (χ1v) is 6.92. The molecule has 100 valence electrons. The van der Waals surface area contributed by atoms with E-state index in [4.69, 9.17) is 0 Å². The summed E-state index contributed by atoms with van der Waals surface area (Å²) < 4.78 is 0. The molecule has 0 aliphatic heterocycles. The van der Waals surface area contributed by atoms with Crippen LogP contribution in [-0.4, -0.2) is 4.98 Å². The Hall–Kier alpha value is -1.76. The molecule has 0 spiro atoms. The van der Waals surface area contributed by atoms with Crippen molar-refractivity contribution >= 4 is 10.9 Å². The summed E-state index contributed by atoms with van der Waals surface area (Å²) in [6, 6.07) is 6.72. The Morgan fingerprint density at radius 2 is 1.68 bits per heavy atom. The molecule has 0 atom stereocenters. The normalized spacial score (nSPS) is 10.5. The fourth-order valence-corrected chi connectivity index (χ4v) is 2.16. The second kappa shape index (κ2) is 5.92. The van der Waals surface area contributed by atoms with Gasteiger partial charge >= 0.3 is 0 Å². The molecular formula is C18H23N. The zero-order valence-electron chi connectivity index (χ0n) is 12.4. The van der Waals surface area contributed by atoms with Crippen molar-refractivity contribution in [2.24, 2.45) is 0 Å². The van der Waals surface area contributed by atoms with Gasteiger partial charge in [0.1, 0.15) is 0 Å². The Balaban J connectivity index is 2.31. The van der Waals surface area contributed by atoms with Gasteiger partial charge in [-0.1, -0.05) is 29.4 Å². The second-order valence-corrected chi connectivity index (χ2v) is 5.67. The van der Waals surface area contributed by atoms with E-state index in [1.54, 1.807) is 0 Å². The van der Waals surface area contributed by atoms with Crippen LogP contribution in [-0.2, 0) is 12.8 Å². The van der Waals surface area contributed by atoms with Gasteiger partial charge in [-0.3, -0.25) is 0 Å². The summed E-state index contributed by atoms with van der Waals surface area (Å²) in [5.74, 6) is 0. The number of allylic oxidation sites excluding steroid dienone is 4. The molecule has 1 heteroatoms. The molecule has 0 amide bonds. The van der Waals surface area contributed by atoms with Crippen LogP contribution in [0, 0.1) is 0 Å². The lowest BCUT2D eigenvalue weighted by Crippen LogP contribution is -1.84. The van der Waals surface area contributed by atoms with Crippen molar-refractivity contribution in [1.29, 1.82) is 0 Å². The van der Waals surface area contributed by atoms with Crippen molar-refractivity contribution < 1.29 is 0 Å². The van der Waals surface area contributed by atoms with Crippen LogP contribution in [0.4, 0.5) is 0 Å². The summed E-state index contributed by atoms with van der Waals surface area (Å²) in [6.45, 7) is 8.59. The molecule has 0 fully saturated rings. The summed E-state index contributed by atoms with van der Waals surface area (Å²) in [6.07, 6.45) is 8.73. The zero-order chi connectivity index (χ0) is 13.8. The van der Waals surface area contributed by atoms with E-state index in [-0.39, 0.29) is 0 Å². The third-order valence-corrected chi connectivity index (χ3v) is 3.31. The molecule has 0 aliphatic carbocycles. The minimum Gasteiger partial charge on any atom is -0.361 e. The van der Waals surface area contributed by atoms with Crippen molar-refractivity contribution in [1.82, 2.24) is 4.98 Å². The van der Waals surface area contributed by atoms with Gasteiger partial charge in [-0.15, -0.1) is 0 Å². The maximum atomic E-state index is 3.36. The number of hydrogen-bond donors (Lipinski definition) is 1. The lowest BCUT2D eigenvalue weighted by Gasteiger charge is -2.01. The van der Waals surface area contributed by atoms with Gasteiger partial charge in [0.15, 0.2) is 0 Å². The van der Waals surface area contributed by atoms with E-state index in [1.165, 1.54) is 33.2 Å². The Labute approximate surface area is 116 Å². The number of benzene rings is 1. The van der Waals surface area contributed by atoms with Gasteiger partial charge in [0.05, 0.1) is 0 Å². The van der Waals surface area contributed by atoms with E-state index in [0.717, 1.165) is 12.8 Å². The first kappa shape index (κ1) is 13.7. The molecule has 0 radical (unpaired) electrons. The molecule has 2 aromatic rings. The fourth-order valence-electron chi connectivity index (χ4n) is 2.16.